The Morgan fingerprint density at radius 2 is 1.69 bits per heavy atom. The van der Waals surface area contributed by atoms with Crippen LogP contribution in [0.25, 0.3) is 12.2 Å². The summed E-state index contributed by atoms with van der Waals surface area (Å²) < 4.78 is 0. The lowest BCUT2D eigenvalue weighted by molar-refractivity contribution is -0.124. The van der Waals surface area contributed by atoms with Gasteiger partial charge in [0, 0.05) is 44.4 Å². The number of hydrogen-bond acceptors (Lipinski definition) is 6. The van der Waals surface area contributed by atoms with Gasteiger partial charge in [-0.25, -0.2) is 10.5 Å². The van der Waals surface area contributed by atoms with Crippen LogP contribution in [0.5, 0.6) is 0 Å². The molecule has 2 heterocycles. The highest BCUT2D eigenvalue weighted by Gasteiger charge is 2.10. The van der Waals surface area contributed by atoms with Gasteiger partial charge in [-0.2, -0.15) is 0 Å². The predicted octanol–water partition coefficient (Wildman–Crippen LogP) is 1.90. The summed E-state index contributed by atoms with van der Waals surface area (Å²) in [6.07, 6.45) is 5.77. The normalized spacial score (nSPS) is 15.1. The minimum absolute atomic E-state index is 0.0962. The number of nitrogens with one attached hydrogen (secondary N) is 2. The van der Waals surface area contributed by atoms with Crippen LogP contribution < -0.4 is 10.8 Å². The van der Waals surface area contributed by atoms with E-state index in [0.717, 1.165) is 32.7 Å². The van der Waals surface area contributed by atoms with Crippen molar-refractivity contribution >= 4 is 23.8 Å². The molecule has 1 amide bonds. The molecule has 3 N–H and O–H groups in total. The zero-order chi connectivity index (χ0) is 20.5. The molecule has 1 fully saturated rings. The zero-order valence-electron chi connectivity index (χ0n) is 16.0. The lowest BCUT2D eigenvalue weighted by atomic mass is 10.1. The van der Waals surface area contributed by atoms with E-state index in [-0.39, 0.29) is 5.78 Å². The third kappa shape index (κ3) is 6.46. The van der Waals surface area contributed by atoms with E-state index in [1.165, 1.54) is 29.3 Å². The third-order valence-corrected chi connectivity index (χ3v) is 4.57. The fourth-order valence-corrected chi connectivity index (χ4v) is 3.01. The zero-order valence-corrected chi connectivity index (χ0v) is 16.0. The van der Waals surface area contributed by atoms with Crippen molar-refractivity contribution in [3.05, 3.63) is 77.1 Å². The maximum atomic E-state index is 12.4. The molecule has 29 heavy (non-hydrogen) atoms. The minimum Gasteiger partial charge on any atom is -0.314 e. The standard InChI is InChI=1S/C22H24N4O3/c27-21(10-8-19-2-1-3-20(24-19)9-11-22(28)25-29)18-6-4-17(5-7-18)16-26-14-12-23-13-15-26/h1-11,23,29H,12-16H2,(H,25,28). The first-order chi connectivity index (χ1) is 14.1. The van der Waals surface area contributed by atoms with Crippen LogP contribution in [0.2, 0.25) is 0 Å². The Balaban J connectivity index is 1.60. The molecule has 3 rings (SSSR count). The molecule has 0 radical (unpaired) electrons. The number of nitrogens with zero attached hydrogens (tertiary/aromatic N) is 2. The van der Waals surface area contributed by atoms with Crippen molar-refractivity contribution in [2.24, 2.45) is 0 Å². The number of pyridine rings is 1. The van der Waals surface area contributed by atoms with E-state index in [0.29, 0.717) is 17.0 Å². The Bertz CT molecular complexity index is 901. The fourth-order valence-electron chi connectivity index (χ4n) is 3.01. The second kappa shape index (κ2) is 10.4. The first-order valence-electron chi connectivity index (χ1n) is 9.48. The molecule has 1 saturated heterocycles. The fraction of sp³-hybridized carbons (Fsp3) is 0.227. The quantitative estimate of drug-likeness (QED) is 0.288. The van der Waals surface area contributed by atoms with E-state index in [4.69, 9.17) is 5.21 Å². The molecule has 1 aromatic heterocycles. The summed E-state index contributed by atoms with van der Waals surface area (Å²) in [6.45, 7) is 5.00. The van der Waals surface area contributed by atoms with Gasteiger partial charge in [0.1, 0.15) is 0 Å². The molecule has 7 nitrogen and oxygen atoms in total. The smallest absolute Gasteiger partial charge is 0.267 e. The minimum atomic E-state index is -0.636. The van der Waals surface area contributed by atoms with E-state index >= 15 is 0 Å². The summed E-state index contributed by atoms with van der Waals surface area (Å²) in [5.41, 5.74) is 4.48. The van der Waals surface area contributed by atoms with E-state index in [2.05, 4.69) is 15.2 Å². The molecular weight excluding hydrogens is 368 g/mol. The Morgan fingerprint density at radius 1 is 1.03 bits per heavy atom. The third-order valence-electron chi connectivity index (χ3n) is 4.57. The maximum absolute atomic E-state index is 12.4. The van der Waals surface area contributed by atoms with Gasteiger partial charge in [0.15, 0.2) is 5.78 Å². The molecule has 1 aliphatic heterocycles. The van der Waals surface area contributed by atoms with Crippen LogP contribution in [0.1, 0.15) is 27.3 Å². The SMILES string of the molecule is O=C(C=Cc1cccc(C=CC(=O)c2ccc(CN3CCNCC3)cc2)n1)NO. The molecule has 0 atom stereocenters. The summed E-state index contributed by atoms with van der Waals surface area (Å²) in [7, 11) is 0. The molecule has 0 unspecified atom stereocenters. The molecule has 0 aliphatic carbocycles. The van der Waals surface area contributed by atoms with Crippen LogP contribution in [0.3, 0.4) is 0 Å². The number of piperazine rings is 1. The monoisotopic (exact) mass is 392 g/mol. The van der Waals surface area contributed by atoms with Gasteiger partial charge < -0.3 is 5.32 Å². The van der Waals surface area contributed by atoms with Crippen molar-refractivity contribution < 1.29 is 14.8 Å². The lowest BCUT2D eigenvalue weighted by Crippen LogP contribution is -2.42. The number of carbonyl (C=O) groups excluding carboxylic acids is 2. The van der Waals surface area contributed by atoms with Crippen LogP contribution in [-0.2, 0) is 11.3 Å². The number of ketones is 1. The van der Waals surface area contributed by atoms with Crippen molar-refractivity contribution in [1.82, 2.24) is 20.7 Å². The Labute approximate surface area is 169 Å². The van der Waals surface area contributed by atoms with Crippen LogP contribution in [0.15, 0.2) is 54.6 Å². The molecule has 0 bridgehead atoms. The van der Waals surface area contributed by atoms with Crippen molar-refractivity contribution in [3.8, 4) is 0 Å². The number of carbonyl (C=O) groups is 2. The summed E-state index contributed by atoms with van der Waals surface area (Å²) in [4.78, 5) is 30.2. The van der Waals surface area contributed by atoms with Gasteiger partial charge in [0.25, 0.3) is 5.91 Å². The van der Waals surface area contributed by atoms with E-state index in [1.807, 2.05) is 24.3 Å². The second-order valence-corrected chi connectivity index (χ2v) is 6.72. The van der Waals surface area contributed by atoms with Crippen LogP contribution in [-0.4, -0.2) is 53.0 Å². The summed E-state index contributed by atoms with van der Waals surface area (Å²) in [5, 5.41) is 11.8. The van der Waals surface area contributed by atoms with E-state index in [1.54, 1.807) is 24.3 Å². The highest BCUT2D eigenvalue weighted by Crippen LogP contribution is 2.11. The first kappa shape index (κ1) is 20.6. The molecule has 2 aromatic rings. The molecule has 150 valence electrons. The second-order valence-electron chi connectivity index (χ2n) is 6.72. The predicted molar refractivity (Wildman–Crippen MR) is 111 cm³/mol. The Morgan fingerprint density at radius 3 is 2.34 bits per heavy atom. The van der Waals surface area contributed by atoms with E-state index in [9.17, 15) is 9.59 Å². The number of amides is 1. The maximum Gasteiger partial charge on any atom is 0.267 e. The van der Waals surface area contributed by atoms with E-state index < -0.39 is 5.91 Å². The first-order valence-corrected chi connectivity index (χ1v) is 9.48. The number of hydrogen-bond donors (Lipinski definition) is 3. The van der Waals surface area contributed by atoms with Gasteiger partial charge in [-0.15, -0.1) is 0 Å². The number of rotatable bonds is 7. The van der Waals surface area contributed by atoms with Gasteiger partial charge in [-0.1, -0.05) is 30.3 Å². The molecule has 1 aliphatic rings. The lowest BCUT2D eigenvalue weighted by Gasteiger charge is -2.27. The van der Waals surface area contributed by atoms with Gasteiger partial charge >= 0.3 is 0 Å². The largest absolute Gasteiger partial charge is 0.314 e. The van der Waals surface area contributed by atoms with Crippen molar-refractivity contribution in [2.45, 2.75) is 6.54 Å². The average Bonchev–Trinajstić information content (AvgIpc) is 2.77. The number of aromatic nitrogens is 1. The van der Waals surface area contributed by atoms with Gasteiger partial charge in [-0.3, -0.25) is 19.7 Å². The van der Waals surface area contributed by atoms with Gasteiger partial charge in [0.05, 0.1) is 11.4 Å². The topological polar surface area (TPSA) is 94.6 Å². The molecular formula is C22H24N4O3. The highest BCUT2D eigenvalue weighted by molar-refractivity contribution is 6.06. The van der Waals surface area contributed by atoms with Crippen LogP contribution in [0.4, 0.5) is 0 Å². The number of hydroxylamine groups is 1. The highest BCUT2D eigenvalue weighted by atomic mass is 16.5. The van der Waals surface area contributed by atoms with Crippen molar-refractivity contribution in [2.75, 3.05) is 26.2 Å². The van der Waals surface area contributed by atoms with Gasteiger partial charge in [-0.05, 0) is 35.9 Å². The molecule has 0 spiro atoms. The summed E-state index contributed by atoms with van der Waals surface area (Å²) in [6, 6.07) is 13.0. The molecule has 7 heteroatoms. The number of allylic oxidation sites excluding steroid dienone is 1. The van der Waals surface area contributed by atoms with Crippen LogP contribution >= 0.6 is 0 Å². The number of benzene rings is 1. The Kier molecular flexibility index (Phi) is 7.40. The summed E-state index contributed by atoms with van der Waals surface area (Å²) >= 11 is 0. The van der Waals surface area contributed by atoms with Crippen molar-refractivity contribution in [1.29, 1.82) is 0 Å². The van der Waals surface area contributed by atoms with Gasteiger partial charge in [0.2, 0.25) is 0 Å². The van der Waals surface area contributed by atoms with Crippen molar-refractivity contribution in [3.63, 3.8) is 0 Å². The summed E-state index contributed by atoms with van der Waals surface area (Å²) in [5.74, 6) is -0.732. The molecule has 0 saturated carbocycles. The molecule has 1 aromatic carbocycles. The average molecular weight is 392 g/mol. The Hall–Kier alpha value is -3.13. The van der Waals surface area contributed by atoms with Crippen LogP contribution in [0, 0.1) is 0 Å².